The van der Waals surface area contributed by atoms with E-state index in [2.05, 4.69) is 0 Å². The molecule has 1 aromatic carbocycles. The molecule has 1 atom stereocenters. The summed E-state index contributed by atoms with van der Waals surface area (Å²) >= 11 is 0. The summed E-state index contributed by atoms with van der Waals surface area (Å²) in [5.74, 6) is -0.225. The van der Waals surface area contributed by atoms with Gasteiger partial charge in [0.25, 0.3) is 0 Å². The maximum Gasteiger partial charge on any atom is 0.307 e. The van der Waals surface area contributed by atoms with Gasteiger partial charge in [0.2, 0.25) is 0 Å². The number of carboxylic acid groups (broad SMARTS) is 1. The predicted octanol–water partition coefficient (Wildman–Crippen LogP) is 2.45. The van der Waals surface area contributed by atoms with E-state index in [-0.39, 0.29) is 11.3 Å². The molecule has 3 heteroatoms. The first-order chi connectivity index (χ1) is 7.60. The molecule has 0 spiro atoms. The number of hydrogen-bond donors (Lipinski definition) is 1. The Bertz CT molecular complexity index is 390. The molecule has 0 bridgehead atoms. The molecule has 86 valence electrons. The van der Waals surface area contributed by atoms with E-state index in [4.69, 9.17) is 9.84 Å². The molecule has 1 unspecified atom stereocenters. The van der Waals surface area contributed by atoms with Crippen molar-refractivity contribution >= 4 is 5.97 Å². The lowest BCUT2D eigenvalue weighted by molar-refractivity contribution is -0.142. The molecule has 1 saturated carbocycles. The largest absolute Gasteiger partial charge is 0.497 e. The van der Waals surface area contributed by atoms with Crippen molar-refractivity contribution in [2.75, 3.05) is 7.11 Å². The second-order valence-corrected chi connectivity index (χ2v) is 4.44. The van der Waals surface area contributed by atoms with Crippen molar-refractivity contribution in [3.05, 3.63) is 29.8 Å². The van der Waals surface area contributed by atoms with Crippen molar-refractivity contribution in [2.24, 2.45) is 5.92 Å². The van der Waals surface area contributed by atoms with Gasteiger partial charge in [-0.3, -0.25) is 4.79 Å². The van der Waals surface area contributed by atoms with E-state index < -0.39 is 5.97 Å². The molecule has 1 aliphatic rings. The Kier molecular flexibility index (Phi) is 2.62. The Hall–Kier alpha value is -1.51. The van der Waals surface area contributed by atoms with Crippen LogP contribution < -0.4 is 4.74 Å². The first-order valence-electron chi connectivity index (χ1n) is 5.47. The highest BCUT2D eigenvalue weighted by atomic mass is 16.5. The molecule has 0 amide bonds. The summed E-state index contributed by atoms with van der Waals surface area (Å²) in [4.78, 5) is 11.1. The van der Waals surface area contributed by atoms with Crippen molar-refractivity contribution in [1.29, 1.82) is 0 Å². The van der Waals surface area contributed by atoms with Gasteiger partial charge in [0.15, 0.2) is 0 Å². The topological polar surface area (TPSA) is 46.5 Å². The Morgan fingerprint density at radius 2 is 1.94 bits per heavy atom. The number of aliphatic carboxylic acids is 1. The third-order valence-corrected chi connectivity index (χ3v) is 3.65. The van der Waals surface area contributed by atoms with E-state index in [1.165, 1.54) is 0 Å². The zero-order chi connectivity index (χ0) is 11.8. The molecular formula is C13H16O3. The minimum Gasteiger partial charge on any atom is -0.497 e. The lowest BCUT2D eigenvalue weighted by Crippen LogP contribution is -2.25. The maximum absolute atomic E-state index is 11.1. The first-order valence-corrected chi connectivity index (χ1v) is 5.47. The number of benzene rings is 1. The molecule has 0 heterocycles. The molecule has 1 N–H and O–H groups in total. The fourth-order valence-corrected chi connectivity index (χ4v) is 2.27. The molecule has 2 rings (SSSR count). The van der Waals surface area contributed by atoms with Crippen molar-refractivity contribution < 1.29 is 14.6 Å². The first kappa shape index (κ1) is 11.0. The standard InChI is InChI=1S/C13H16O3/c1-9(12(14)15)13(7-8-13)10-3-5-11(16-2)6-4-10/h3-6,9H,7-8H2,1-2H3,(H,14,15). The third kappa shape index (κ3) is 1.66. The molecule has 1 aromatic rings. The van der Waals surface area contributed by atoms with Crippen LogP contribution in [0.4, 0.5) is 0 Å². The summed E-state index contributed by atoms with van der Waals surface area (Å²) < 4.78 is 5.09. The number of carbonyl (C=O) groups is 1. The predicted molar refractivity (Wildman–Crippen MR) is 60.7 cm³/mol. The van der Waals surface area contributed by atoms with E-state index in [0.717, 1.165) is 24.2 Å². The van der Waals surface area contributed by atoms with E-state index in [1.807, 2.05) is 24.3 Å². The zero-order valence-electron chi connectivity index (χ0n) is 9.56. The second kappa shape index (κ2) is 3.81. The van der Waals surface area contributed by atoms with E-state index in [9.17, 15) is 4.79 Å². The molecule has 0 radical (unpaired) electrons. The van der Waals surface area contributed by atoms with Crippen molar-refractivity contribution in [3.8, 4) is 5.75 Å². The maximum atomic E-state index is 11.1. The molecule has 1 fully saturated rings. The van der Waals surface area contributed by atoms with E-state index >= 15 is 0 Å². The van der Waals surface area contributed by atoms with Crippen molar-refractivity contribution in [3.63, 3.8) is 0 Å². The van der Waals surface area contributed by atoms with Crippen LogP contribution in [0.3, 0.4) is 0 Å². The Labute approximate surface area is 95.0 Å². The lowest BCUT2D eigenvalue weighted by atomic mass is 9.84. The highest BCUT2D eigenvalue weighted by molar-refractivity contribution is 5.73. The highest BCUT2D eigenvalue weighted by Crippen LogP contribution is 2.54. The lowest BCUT2D eigenvalue weighted by Gasteiger charge is -2.20. The van der Waals surface area contributed by atoms with Gasteiger partial charge < -0.3 is 9.84 Å². The fourth-order valence-electron chi connectivity index (χ4n) is 2.27. The quantitative estimate of drug-likeness (QED) is 0.847. The number of ether oxygens (including phenoxy) is 1. The molecule has 0 aromatic heterocycles. The summed E-state index contributed by atoms with van der Waals surface area (Å²) in [6.45, 7) is 1.79. The van der Waals surface area contributed by atoms with Gasteiger partial charge >= 0.3 is 5.97 Å². The third-order valence-electron chi connectivity index (χ3n) is 3.65. The van der Waals surface area contributed by atoms with Crippen LogP contribution in [-0.4, -0.2) is 18.2 Å². The van der Waals surface area contributed by atoms with Crippen LogP contribution in [0.15, 0.2) is 24.3 Å². The van der Waals surface area contributed by atoms with Crippen LogP contribution in [0, 0.1) is 5.92 Å². The summed E-state index contributed by atoms with van der Waals surface area (Å²) in [5, 5.41) is 9.10. The Balaban J connectivity index is 2.26. The summed E-state index contributed by atoms with van der Waals surface area (Å²) in [5.41, 5.74) is 0.973. The van der Waals surface area contributed by atoms with Crippen LogP contribution in [0.25, 0.3) is 0 Å². The van der Waals surface area contributed by atoms with E-state index in [0.29, 0.717) is 0 Å². The number of rotatable bonds is 4. The SMILES string of the molecule is COc1ccc(C2(C(C)C(=O)O)CC2)cc1. The number of hydrogen-bond acceptors (Lipinski definition) is 2. The van der Waals surface area contributed by atoms with Crippen LogP contribution >= 0.6 is 0 Å². The average Bonchev–Trinajstić information content (AvgIpc) is 3.09. The zero-order valence-corrected chi connectivity index (χ0v) is 9.56. The number of methoxy groups -OCH3 is 1. The highest BCUT2D eigenvalue weighted by Gasteiger charge is 2.51. The van der Waals surface area contributed by atoms with Gasteiger partial charge in [0.1, 0.15) is 5.75 Å². The molecular weight excluding hydrogens is 204 g/mol. The number of carboxylic acids is 1. The molecule has 0 saturated heterocycles. The monoisotopic (exact) mass is 220 g/mol. The Morgan fingerprint density at radius 1 is 1.38 bits per heavy atom. The van der Waals surface area contributed by atoms with Gasteiger partial charge in [-0.2, -0.15) is 0 Å². The summed E-state index contributed by atoms with van der Waals surface area (Å²) in [7, 11) is 1.63. The normalized spacial score (nSPS) is 18.9. The van der Waals surface area contributed by atoms with Gasteiger partial charge in [0, 0.05) is 5.41 Å². The van der Waals surface area contributed by atoms with Crippen LogP contribution in [0.1, 0.15) is 25.3 Å². The molecule has 0 aliphatic heterocycles. The molecule has 16 heavy (non-hydrogen) atoms. The second-order valence-electron chi connectivity index (χ2n) is 4.44. The van der Waals surface area contributed by atoms with Crippen molar-refractivity contribution in [2.45, 2.75) is 25.2 Å². The van der Waals surface area contributed by atoms with E-state index in [1.54, 1.807) is 14.0 Å². The minimum atomic E-state index is -0.715. The Morgan fingerprint density at radius 3 is 2.31 bits per heavy atom. The minimum absolute atomic E-state index is 0.141. The van der Waals surface area contributed by atoms with Crippen molar-refractivity contribution in [1.82, 2.24) is 0 Å². The van der Waals surface area contributed by atoms with Gasteiger partial charge in [0.05, 0.1) is 13.0 Å². The van der Waals surface area contributed by atoms with Gasteiger partial charge in [-0.1, -0.05) is 19.1 Å². The average molecular weight is 220 g/mol. The summed E-state index contributed by atoms with van der Waals surface area (Å²) in [6.07, 6.45) is 1.93. The fraction of sp³-hybridized carbons (Fsp3) is 0.462. The van der Waals surface area contributed by atoms with Crippen LogP contribution in [-0.2, 0) is 10.2 Å². The molecule has 1 aliphatic carbocycles. The van der Waals surface area contributed by atoms with Gasteiger partial charge in [-0.25, -0.2) is 0 Å². The van der Waals surface area contributed by atoms with Crippen LogP contribution in [0.5, 0.6) is 5.75 Å². The van der Waals surface area contributed by atoms with Gasteiger partial charge in [-0.05, 0) is 30.5 Å². The smallest absolute Gasteiger partial charge is 0.307 e. The molecule has 3 nitrogen and oxygen atoms in total. The van der Waals surface area contributed by atoms with Crippen LogP contribution in [0.2, 0.25) is 0 Å². The summed E-state index contributed by atoms with van der Waals surface area (Å²) in [6, 6.07) is 7.74. The van der Waals surface area contributed by atoms with Gasteiger partial charge in [-0.15, -0.1) is 0 Å².